The number of nitrogens with two attached hydrogens (primary N) is 1. The van der Waals surface area contributed by atoms with Crippen LogP contribution in [0.1, 0.15) is 24.2 Å². The van der Waals surface area contributed by atoms with Gasteiger partial charge in [-0.05, 0) is 24.1 Å². The average Bonchev–Trinajstić information content (AvgIpc) is 2.23. The standard InChI is InChI=1S/C13H18N2O2/c1-9(2)13(14)7-15(8-13)12(17)10-4-3-5-11(16)6-10/h3-6,9,16H,7-8,14H2,1-2H3. The van der Waals surface area contributed by atoms with Crippen LogP contribution in [0.3, 0.4) is 0 Å². The molecule has 1 aliphatic heterocycles. The lowest BCUT2D eigenvalue weighted by Gasteiger charge is -2.50. The van der Waals surface area contributed by atoms with Crippen molar-refractivity contribution >= 4 is 5.91 Å². The number of hydrogen-bond donors (Lipinski definition) is 2. The Bertz CT molecular complexity index is 437. The van der Waals surface area contributed by atoms with Crippen LogP contribution in [0.15, 0.2) is 24.3 Å². The maximum absolute atomic E-state index is 12.0. The molecule has 0 radical (unpaired) electrons. The van der Waals surface area contributed by atoms with Crippen molar-refractivity contribution in [3.8, 4) is 5.75 Å². The zero-order valence-electron chi connectivity index (χ0n) is 10.2. The van der Waals surface area contributed by atoms with E-state index in [0.717, 1.165) is 0 Å². The van der Waals surface area contributed by atoms with Crippen LogP contribution in [0.5, 0.6) is 5.75 Å². The second kappa shape index (κ2) is 4.04. The summed E-state index contributed by atoms with van der Waals surface area (Å²) in [5.41, 5.74) is 6.39. The maximum atomic E-state index is 12.0. The molecular weight excluding hydrogens is 216 g/mol. The lowest BCUT2D eigenvalue weighted by molar-refractivity contribution is 0.0274. The normalized spacial score (nSPS) is 18.0. The molecule has 0 aromatic heterocycles. The summed E-state index contributed by atoms with van der Waals surface area (Å²) in [7, 11) is 0. The van der Waals surface area contributed by atoms with E-state index in [1.54, 1.807) is 23.1 Å². The molecular formula is C13H18N2O2. The number of rotatable bonds is 2. The van der Waals surface area contributed by atoms with Crippen LogP contribution in [0.2, 0.25) is 0 Å². The van der Waals surface area contributed by atoms with E-state index in [2.05, 4.69) is 13.8 Å². The van der Waals surface area contributed by atoms with Crippen LogP contribution in [0.4, 0.5) is 0 Å². The first-order valence-corrected chi connectivity index (χ1v) is 5.79. The molecule has 1 fully saturated rings. The third-order valence-electron chi connectivity index (χ3n) is 3.50. The lowest BCUT2D eigenvalue weighted by atomic mass is 9.80. The second-order valence-electron chi connectivity index (χ2n) is 5.10. The Morgan fingerprint density at radius 1 is 1.47 bits per heavy atom. The molecule has 4 heteroatoms. The molecule has 1 heterocycles. The van der Waals surface area contributed by atoms with Crippen molar-refractivity contribution in [3.05, 3.63) is 29.8 Å². The number of likely N-dealkylation sites (tertiary alicyclic amines) is 1. The first kappa shape index (κ1) is 11.9. The molecule has 1 amide bonds. The minimum Gasteiger partial charge on any atom is -0.508 e. The van der Waals surface area contributed by atoms with Gasteiger partial charge in [-0.3, -0.25) is 4.79 Å². The summed E-state index contributed by atoms with van der Waals surface area (Å²) in [6, 6.07) is 6.40. The summed E-state index contributed by atoms with van der Waals surface area (Å²) in [6.45, 7) is 5.30. The van der Waals surface area contributed by atoms with Gasteiger partial charge in [0.05, 0.1) is 5.54 Å². The van der Waals surface area contributed by atoms with Gasteiger partial charge in [-0.15, -0.1) is 0 Å². The molecule has 0 aliphatic carbocycles. The topological polar surface area (TPSA) is 66.6 Å². The Balaban J connectivity index is 2.05. The van der Waals surface area contributed by atoms with E-state index in [1.807, 2.05) is 0 Å². The fraction of sp³-hybridized carbons (Fsp3) is 0.462. The summed E-state index contributed by atoms with van der Waals surface area (Å²) in [5.74, 6) is 0.401. The molecule has 0 unspecified atom stereocenters. The molecule has 4 nitrogen and oxygen atoms in total. The molecule has 0 saturated carbocycles. The molecule has 0 atom stereocenters. The first-order valence-electron chi connectivity index (χ1n) is 5.79. The van der Waals surface area contributed by atoms with E-state index in [4.69, 9.17) is 5.73 Å². The second-order valence-corrected chi connectivity index (χ2v) is 5.10. The van der Waals surface area contributed by atoms with E-state index >= 15 is 0 Å². The molecule has 1 saturated heterocycles. The van der Waals surface area contributed by atoms with Gasteiger partial charge < -0.3 is 15.7 Å². The average molecular weight is 234 g/mol. The number of carbonyl (C=O) groups excluding carboxylic acids is 1. The molecule has 3 N–H and O–H groups in total. The molecule has 92 valence electrons. The predicted octanol–water partition coefficient (Wildman–Crippen LogP) is 1.20. The number of carbonyl (C=O) groups is 1. The SMILES string of the molecule is CC(C)C1(N)CN(C(=O)c2cccc(O)c2)C1. The highest BCUT2D eigenvalue weighted by molar-refractivity contribution is 5.95. The Morgan fingerprint density at radius 3 is 2.65 bits per heavy atom. The maximum Gasteiger partial charge on any atom is 0.254 e. The van der Waals surface area contributed by atoms with Gasteiger partial charge in [0.25, 0.3) is 5.91 Å². The van der Waals surface area contributed by atoms with Crippen molar-refractivity contribution in [2.45, 2.75) is 19.4 Å². The number of phenols is 1. The minimum atomic E-state index is -0.257. The fourth-order valence-corrected chi connectivity index (χ4v) is 1.99. The Hall–Kier alpha value is -1.55. The molecule has 1 aromatic rings. The largest absolute Gasteiger partial charge is 0.508 e. The highest BCUT2D eigenvalue weighted by atomic mass is 16.3. The zero-order chi connectivity index (χ0) is 12.6. The van der Waals surface area contributed by atoms with Crippen molar-refractivity contribution in [1.82, 2.24) is 4.90 Å². The summed E-state index contributed by atoms with van der Waals surface area (Å²) in [6.07, 6.45) is 0. The summed E-state index contributed by atoms with van der Waals surface area (Å²) in [4.78, 5) is 13.8. The van der Waals surface area contributed by atoms with Crippen LogP contribution < -0.4 is 5.73 Å². The van der Waals surface area contributed by atoms with Crippen LogP contribution in [-0.4, -0.2) is 34.5 Å². The number of hydrogen-bond acceptors (Lipinski definition) is 3. The van der Waals surface area contributed by atoms with E-state index in [1.165, 1.54) is 6.07 Å². The number of nitrogens with zero attached hydrogens (tertiary/aromatic N) is 1. The van der Waals surface area contributed by atoms with E-state index in [-0.39, 0.29) is 17.2 Å². The van der Waals surface area contributed by atoms with E-state index in [9.17, 15) is 9.90 Å². The van der Waals surface area contributed by atoms with Gasteiger partial charge in [0.1, 0.15) is 5.75 Å². The van der Waals surface area contributed by atoms with Gasteiger partial charge in [-0.25, -0.2) is 0 Å². The number of benzene rings is 1. The van der Waals surface area contributed by atoms with Crippen molar-refractivity contribution in [2.75, 3.05) is 13.1 Å². The fourth-order valence-electron chi connectivity index (χ4n) is 1.99. The first-order chi connectivity index (χ1) is 7.92. The zero-order valence-corrected chi connectivity index (χ0v) is 10.2. The lowest BCUT2D eigenvalue weighted by Crippen LogP contribution is -2.71. The van der Waals surface area contributed by atoms with Crippen molar-refractivity contribution in [2.24, 2.45) is 11.7 Å². The van der Waals surface area contributed by atoms with E-state index in [0.29, 0.717) is 24.6 Å². The number of aromatic hydroxyl groups is 1. The predicted molar refractivity (Wildman–Crippen MR) is 65.8 cm³/mol. The van der Waals surface area contributed by atoms with Crippen LogP contribution in [-0.2, 0) is 0 Å². The molecule has 0 spiro atoms. The summed E-state index contributed by atoms with van der Waals surface area (Å²) < 4.78 is 0. The van der Waals surface area contributed by atoms with Crippen LogP contribution in [0, 0.1) is 5.92 Å². The Kier molecular flexibility index (Phi) is 2.83. The number of amides is 1. The third kappa shape index (κ3) is 2.13. The van der Waals surface area contributed by atoms with Gasteiger partial charge in [0.2, 0.25) is 0 Å². The quantitative estimate of drug-likeness (QED) is 0.808. The molecule has 2 rings (SSSR count). The highest BCUT2D eigenvalue weighted by Crippen LogP contribution is 2.27. The van der Waals surface area contributed by atoms with Crippen LogP contribution in [0.25, 0.3) is 0 Å². The van der Waals surface area contributed by atoms with Crippen LogP contribution >= 0.6 is 0 Å². The molecule has 1 aromatic carbocycles. The highest BCUT2D eigenvalue weighted by Gasteiger charge is 2.44. The van der Waals surface area contributed by atoms with Gasteiger partial charge in [-0.2, -0.15) is 0 Å². The van der Waals surface area contributed by atoms with Crippen molar-refractivity contribution in [1.29, 1.82) is 0 Å². The van der Waals surface area contributed by atoms with Gasteiger partial charge >= 0.3 is 0 Å². The Morgan fingerprint density at radius 2 is 2.12 bits per heavy atom. The molecule has 17 heavy (non-hydrogen) atoms. The Labute approximate surface area is 101 Å². The molecule has 1 aliphatic rings. The minimum absolute atomic E-state index is 0.0670. The smallest absolute Gasteiger partial charge is 0.254 e. The van der Waals surface area contributed by atoms with Gasteiger partial charge in [0.15, 0.2) is 0 Å². The summed E-state index contributed by atoms with van der Waals surface area (Å²) >= 11 is 0. The van der Waals surface area contributed by atoms with Gasteiger partial charge in [0, 0.05) is 18.7 Å². The van der Waals surface area contributed by atoms with Gasteiger partial charge in [-0.1, -0.05) is 19.9 Å². The van der Waals surface area contributed by atoms with Crippen molar-refractivity contribution in [3.63, 3.8) is 0 Å². The third-order valence-corrected chi connectivity index (χ3v) is 3.50. The number of phenolic OH excluding ortho intramolecular Hbond substituents is 1. The van der Waals surface area contributed by atoms with E-state index < -0.39 is 0 Å². The molecule has 0 bridgehead atoms. The monoisotopic (exact) mass is 234 g/mol. The summed E-state index contributed by atoms with van der Waals surface area (Å²) in [5, 5.41) is 9.33. The van der Waals surface area contributed by atoms with Crippen molar-refractivity contribution < 1.29 is 9.90 Å².